The van der Waals surface area contributed by atoms with Crippen LogP contribution < -0.4 is 17.7 Å². The van der Waals surface area contributed by atoms with Crippen molar-refractivity contribution in [1.29, 1.82) is 0 Å². The maximum absolute atomic E-state index is 4.44. The number of nitrogens with zero attached hydrogens (tertiary/aromatic N) is 1. The van der Waals surface area contributed by atoms with Gasteiger partial charge in [0.1, 0.15) is 5.70 Å². The predicted molar refractivity (Wildman–Crippen MR) is 61.2 cm³/mol. The first kappa shape index (κ1) is 9.58. The van der Waals surface area contributed by atoms with E-state index >= 15 is 0 Å². The fourth-order valence-electron chi connectivity index (χ4n) is 2.53. The average Bonchev–Trinajstić information content (AvgIpc) is 2.84. The fourth-order valence-corrected chi connectivity index (χ4v) is 2.53. The molecule has 1 aliphatic carbocycles. The summed E-state index contributed by atoms with van der Waals surface area (Å²) >= 11 is 0. The molecule has 0 spiro atoms. The predicted octanol–water partition coefficient (Wildman–Crippen LogP) is -1.41. The van der Waals surface area contributed by atoms with Crippen molar-refractivity contribution < 1.29 is 17.7 Å². The van der Waals surface area contributed by atoms with Crippen molar-refractivity contribution in [3.05, 3.63) is 47.5 Å². The van der Waals surface area contributed by atoms with Crippen molar-refractivity contribution in [3.8, 4) is 0 Å². The van der Waals surface area contributed by atoms with Crippen LogP contribution in [-0.2, 0) is 0 Å². The maximum Gasteiger partial charge on any atom is 0.192 e. The van der Waals surface area contributed by atoms with E-state index in [2.05, 4.69) is 46.7 Å². The number of hydrogen-bond donors (Lipinski definition) is 1. The third-order valence-electron chi connectivity index (χ3n) is 3.15. The summed E-state index contributed by atoms with van der Waals surface area (Å²) in [6.07, 6.45) is 1.89. The van der Waals surface area contributed by atoms with Crippen LogP contribution in [0.5, 0.6) is 0 Å². The van der Waals surface area contributed by atoms with Gasteiger partial charge in [0.05, 0.1) is 0 Å². The Morgan fingerprint density at radius 2 is 1.69 bits per heavy atom. The minimum atomic E-state index is 0. The highest BCUT2D eigenvalue weighted by Gasteiger charge is 2.29. The van der Waals surface area contributed by atoms with Crippen LogP contribution in [0.2, 0.25) is 0 Å². The van der Waals surface area contributed by atoms with Gasteiger partial charge in [-0.2, -0.15) is 4.99 Å². The lowest BCUT2D eigenvalue weighted by Gasteiger charge is -2.01. The van der Waals surface area contributed by atoms with Crippen LogP contribution >= 0.6 is 0 Å². The quantitative estimate of drug-likeness (QED) is 0.574. The Morgan fingerprint density at radius 3 is 2.50 bits per heavy atom. The van der Waals surface area contributed by atoms with Crippen molar-refractivity contribution >= 4 is 28.5 Å². The molecule has 0 fully saturated rings. The molecule has 0 aromatic heterocycles. The van der Waals surface area contributed by atoms with Gasteiger partial charge in [0.2, 0.25) is 0 Å². The van der Waals surface area contributed by atoms with Crippen LogP contribution in [-0.4, -0.2) is 6.34 Å². The van der Waals surface area contributed by atoms with E-state index < -0.39 is 0 Å². The number of nitrogens with two attached hydrogens (primary N) is 1. The van der Waals surface area contributed by atoms with Crippen LogP contribution in [0.25, 0.3) is 22.2 Å². The molecule has 0 unspecified atom stereocenters. The summed E-state index contributed by atoms with van der Waals surface area (Å²) in [4.78, 5) is 4.44. The third-order valence-corrected chi connectivity index (χ3v) is 3.15. The van der Waals surface area contributed by atoms with E-state index in [0.29, 0.717) is 0 Å². The van der Waals surface area contributed by atoms with Gasteiger partial charge in [-0.05, 0) is 11.5 Å². The second kappa shape index (κ2) is 3.17. The van der Waals surface area contributed by atoms with Gasteiger partial charge in [0.15, 0.2) is 12.0 Å². The van der Waals surface area contributed by atoms with Gasteiger partial charge in [-0.25, -0.2) is 0 Å². The Kier molecular flexibility index (Phi) is 1.90. The van der Waals surface area contributed by atoms with Gasteiger partial charge >= 0.3 is 0 Å². The average molecular weight is 229 g/mol. The minimum absolute atomic E-state index is 0. The second-order valence-corrected chi connectivity index (χ2v) is 3.92. The summed E-state index contributed by atoms with van der Waals surface area (Å²) in [6.45, 7) is 0. The zero-order valence-electron chi connectivity index (χ0n) is 8.44. The van der Waals surface area contributed by atoms with Gasteiger partial charge in [0.25, 0.3) is 0 Å². The van der Waals surface area contributed by atoms with Gasteiger partial charge < -0.3 is 12.4 Å². The van der Waals surface area contributed by atoms with Crippen LogP contribution in [0.4, 0.5) is 0 Å². The van der Waals surface area contributed by atoms with Crippen molar-refractivity contribution in [3.63, 3.8) is 0 Å². The monoisotopic (exact) mass is 228 g/mol. The number of fused-ring (bicyclic) bond motifs is 2. The second-order valence-electron chi connectivity index (χ2n) is 3.92. The van der Waals surface area contributed by atoms with E-state index in [1.165, 1.54) is 27.6 Å². The fraction of sp³-hybridized carbons (Fsp3) is 0. The van der Waals surface area contributed by atoms with Gasteiger partial charge in [-0.3, -0.25) is 5.32 Å². The van der Waals surface area contributed by atoms with E-state index in [1.54, 1.807) is 0 Å². The van der Waals surface area contributed by atoms with E-state index in [9.17, 15) is 0 Å². The molecule has 2 nitrogen and oxygen atoms in total. The molecule has 1 heterocycles. The van der Waals surface area contributed by atoms with Crippen molar-refractivity contribution in [1.82, 2.24) is 0 Å². The summed E-state index contributed by atoms with van der Waals surface area (Å²) in [7, 11) is 0. The molecule has 0 saturated heterocycles. The number of halogens is 1. The molecule has 0 atom stereocenters. The zero-order valence-corrected chi connectivity index (χ0v) is 9.20. The first-order valence-electron chi connectivity index (χ1n) is 5.09. The topological polar surface area (TPSA) is 29.0 Å². The molecule has 0 bridgehead atoms. The molecular weight excluding hydrogens is 220 g/mol. The molecule has 2 N–H and O–H groups in total. The van der Waals surface area contributed by atoms with Gasteiger partial charge in [-0.1, -0.05) is 30.3 Å². The maximum atomic E-state index is 4.44. The van der Waals surface area contributed by atoms with Crippen molar-refractivity contribution in [2.24, 2.45) is 4.99 Å². The lowest BCUT2D eigenvalue weighted by molar-refractivity contribution is -0.418. The molecule has 1 aliphatic heterocycles. The standard InChI is InChI=1S/C13H8N2.ClH/c1-3-8-4-2-6-10-11(8)9(5-1)12-13(10)15-7-14-12;/h1-7H,(H,14,15);1H. The Labute approximate surface area is 99.1 Å². The van der Waals surface area contributed by atoms with Crippen LogP contribution in [0.1, 0.15) is 11.1 Å². The number of rotatable bonds is 0. The van der Waals surface area contributed by atoms with E-state index in [0.717, 1.165) is 5.70 Å². The molecule has 2 aliphatic rings. The largest absolute Gasteiger partial charge is 1.00 e. The van der Waals surface area contributed by atoms with Crippen molar-refractivity contribution in [2.75, 3.05) is 0 Å². The molecule has 16 heavy (non-hydrogen) atoms. The van der Waals surface area contributed by atoms with Gasteiger partial charge in [0, 0.05) is 16.5 Å². The molecule has 0 radical (unpaired) electrons. The van der Waals surface area contributed by atoms with E-state index in [-0.39, 0.29) is 12.4 Å². The summed E-state index contributed by atoms with van der Waals surface area (Å²) in [6, 6.07) is 12.9. The van der Waals surface area contributed by atoms with Crippen LogP contribution in [0.3, 0.4) is 0 Å². The first-order chi connectivity index (χ1) is 7.45. The number of quaternary nitrogens is 1. The summed E-state index contributed by atoms with van der Waals surface area (Å²) in [5.41, 5.74) is 5.03. The highest BCUT2D eigenvalue weighted by atomic mass is 35.5. The number of hydrogen-bond acceptors (Lipinski definition) is 1. The lowest BCUT2D eigenvalue weighted by atomic mass is 10.0. The third kappa shape index (κ3) is 0.979. The van der Waals surface area contributed by atoms with Crippen LogP contribution in [0, 0.1) is 0 Å². The molecule has 2 aromatic carbocycles. The number of aliphatic imine (C=N–C) groups is 1. The molecule has 78 valence electrons. The van der Waals surface area contributed by atoms with E-state index in [4.69, 9.17) is 0 Å². The molecular formula is C13H9ClN2. The molecule has 2 aromatic rings. The van der Waals surface area contributed by atoms with Crippen LogP contribution in [0.15, 0.2) is 41.4 Å². The molecule has 0 amide bonds. The minimum Gasteiger partial charge on any atom is -1.00 e. The summed E-state index contributed by atoms with van der Waals surface area (Å²) in [5.74, 6) is 0. The molecule has 3 heteroatoms. The van der Waals surface area contributed by atoms with E-state index in [1.807, 2.05) is 6.34 Å². The zero-order chi connectivity index (χ0) is 9.83. The van der Waals surface area contributed by atoms with Crippen molar-refractivity contribution in [2.45, 2.75) is 0 Å². The first-order valence-corrected chi connectivity index (χ1v) is 5.09. The Balaban J connectivity index is 0.000000810. The summed E-state index contributed by atoms with van der Waals surface area (Å²) in [5, 5.41) is 4.77. The molecule has 0 saturated carbocycles. The highest BCUT2D eigenvalue weighted by molar-refractivity contribution is 6.13. The summed E-state index contributed by atoms with van der Waals surface area (Å²) < 4.78 is 0. The Morgan fingerprint density at radius 1 is 0.938 bits per heavy atom. The SMILES string of the molecule is C1=NC2=C([NH2+]1)c1cccc3cccc2c13.[Cl-]. The Bertz CT molecular complexity index is 651. The normalized spacial score (nSPS) is 15.5. The highest BCUT2D eigenvalue weighted by Crippen LogP contribution is 2.40. The number of benzene rings is 2. The Hall–Kier alpha value is -1.64. The molecule has 4 rings (SSSR count). The lowest BCUT2D eigenvalue weighted by Crippen LogP contribution is -3.00. The smallest absolute Gasteiger partial charge is 0.192 e. The van der Waals surface area contributed by atoms with Gasteiger partial charge in [-0.15, -0.1) is 0 Å².